The smallest absolute Gasteiger partial charge is 0.172 e. The summed E-state index contributed by atoms with van der Waals surface area (Å²) < 4.78 is 5.83. The van der Waals surface area contributed by atoms with E-state index in [1.165, 1.54) is 0 Å². The predicted molar refractivity (Wildman–Crippen MR) is 96.0 cm³/mol. The lowest BCUT2D eigenvalue weighted by molar-refractivity contribution is 0.0937. The van der Waals surface area contributed by atoms with Crippen molar-refractivity contribution in [2.75, 3.05) is 0 Å². The molecule has 1 aromatic heterocycles. The fourth-order valence-corrected chi connectivity index (χ4v) is 2.78. The van der Waals surface area contributed by atoms with Gasteiger partial charge in [0, 0.05) is 17.4 Å². The van der Waals surface area contributed by atoms with Gasteiger partial charge in [0.1, 0.15) is 22.8 Å². The van der Waals surface area contributed by atoms with Gasteiger partial charge in [0.05, 0.1) is 5.39 Å². The Balaban J connectivity index is 2.76. The molecule has 2 aromatic rings. The topological polar surface area (TPSA) is 70.7 Å². The number of fused-ring (bicyclic) bond motifs is 1. The van der Waals surface area contributed by atoms with Crippen molar-refractivity contribution in [2.45, 2.75) is 60.3 Å². The summed E-state index contributed by atoms with van der Waals surface area (Å²) in [4.78, 5) is 12.7. The van der Waals surface area contributed by atoms with E-state index < -0.39 is 0 Å². The first kappa shape index (κ1) is 18.4. The number of ketones is 1. The highest BCUT2D eigenvalue weighted by Crippen LogP contribution is 2.43. The van der Waals surface area contributed by atoms with Crippen LogP contribution in [-0.4, -0.2) is 16.0 Å². The van der Waals surface area contributed by atoms with Crippen molar-refractivity contribution in [3.05, 3.63) is 23.0 Å². The Hall–Kier alpha value is -1.97. The van der Waals surface area contributed by atoms with Gasteiger partial charge in [0.25, 0.3) is 0 Å². The molecule has 1 heterocycles. The van der Waals surface area contributed by atoms with Crippen LogP contribution in [0.5, 0.6) is 11.5 Å². The van der Waals surface area contributed by atoms with Gasteiger partial charge in [-0.25, -0.2) is 0 Å². The molecule has 0 fully saturated rings. The molecule has 0 radical (unpaired) electrons. The summed E-state index contributed by atoms with van der Waals surface area (Å²) >= 11 is 0. The number of carbonyl (C=O) groups is 1. The lowest BCUT2D eigenvalue weighted by Crippen LogP contribution is -2.09. The number of hydrogen-bond donors (Lipinski definition) is 2. The van der Waals surface area contributed by atoms with Crippen LogP contribution in [0.15, 0.2) is 10.5 Å². The third-order valence-corrected chi connectivity index (χ3v) is 4.35. The third-order valence-electron chi connectivity index (χ3n) is 4.35. The predicted octanol–water partition coefficient (Wildman–Crippen LogP) is 5.39. The van der Waals surface area contributed by atoms with E-state index in [0.717, 1.165) is 6.42 Å². The molecule has 132 valence electrons. The van der Waals surface area contributed by atoms with Gasteiger partial charge in [-0.15, -0.1) is 0 Å². The standard InChI is InChI=1S/C20H28O4/c1-10(2)7-8-13-18(22)14-9-15(11(3)4)24-20(14)16(19(13)23)17(21)12(5)6/h9-12,22-23H,7-8H2,1-6H3. The number of carbonyl (C=O) groups excluding carboxylic acids is 1. The minimum absolute atomic E-state index is 0.0270. The first-order valence-corrected chi connectivity index (χ1v) is 8.69. The van der Waals surface area contributed by atoms with E-state index in [0.29, 0.717) is 34.6 Å². The second-order valence-electron chi connectivity index (χ2n) is 7.55. The summed E-state index contributed by atoms with van der Waals surface area (Å²) in [6, 6.07) is 1.78. The maximum atomic E-state index is 12.7. The van der Waals surface area contributed by atoms with E-state index in [2.05, 4.69) is 13.8 Å². The molecule has 0 atom stereocenters. The Morgan fingerprint density at radius 2 is 1.71 bits per heavy atom. The molecule has 0 aliphatic carbocycles. The Morgan fingerprint density at radius 1 is 1.08 bits per heavy atom. The minimum Gasteiger partial charge on any atom is -0.507 e. The molecule has 0 saturated carbocycles. The second-order valence-corrected chi connectivity index (χ2v) is 7.55. The molecule has 0 amide bonds. The lowest BCUT2D eigenvalue weighted by atomic mass is 9.92. The van der Waals surface area contributed by atoms with E-state index in [1.807, 2.05) is 13.8 Å². The monoisotopic (exact) mass is 332 g/mol. The first-order valence-electron chi connectivity index (χ1n) is 8.69. The average molecular weight is 332 g/mol. The Labute approximate surface area is 143 Å². The van der Waals surface area contributed by atoms with Crippen LogP contribution in [0.25, 0.3) is 11.0 Å². The molecule has 0 unspecified atom stereocenters. The second kappa shape index (κ2) is 6.88. The quantitative estimate of drug-likeness (QED) is 0.695. The SMILES string of the molecule is CC(C)CCc1c(O)c(C(=O)C(C)C)c2oc(C(C)C)cc2c1O. The number of hydrogen-bond acceptors (Lipinski definition) is 4. The number of phenolic OH excluding ortho intramolecular Hbond substituents is 2. The van der Waals surface area contributed by atoms with E-state index in [4.69, 9.17) is 4.42 Å². The molecule has 0 aliphatic heterocycles. The number of aromatic hydroxyl groups is 2. The molecule has 2 rings (SSSR count). The zero-order valence-corrected chi connectivity index (χ0v) is 15.4. The van der Waals surface area contributed by atoms with Crippen LogP contribution in [0.1, 0.15) is 75.6 Å². The van der Waals surface area contributed by atoms with Gasteiger partial charge in [-0.2, -0.15) is 0 Å². The molecule has 0 aliphatic rings. The highest BCUT2D eigenvalue weighted by Gasteiger charge is 2.28. The van der Waals surface area contributed by atoms with Crippen molar-refractivity contribution >= 4 is 16.8 Å². The van der Waals surface area contributed by atoms with Crippen LogP contribution in [0.4, 0.5) is 0 Å². The van der Waals surface area contributed by atoms with Gasteiger partial charge >= 0.3 is 0 Å². The molecular weight excluding hydrogens is 304 g/mol. The van der Waals surface area contributed by atoms with E-state index in [-0.39, 0.29) is 34.7 Å². The zero-order chi connectivity index (χ0) is 18.2. The normalized spacial score (nSPS) is 12.0. The Morgan fingerprint density at radius 3 is 2.21 bits per heavy atom. The summed E-state index contributed by atoms with van der Waals surface area (Å²) in [6.07, 6.45) is 1.34. The van der Waals surface area contributed by atoms with Crippen LogP contribution in [0, 0.1) is 11.8 Å². The van der Waals surface area contributed by atoms with Crippen LogP contribution in [0.3, 0.4) is 0 Å². The molecule has 2 N–H and O–H groups in total. The Kier molecular flexibility index (Phi) is 5.26. The van der Waals surface area contributed by atoms with Gasteiger partial charge in [0.15, 0.2) is 11.4 Å². The highest BCUT2D eigenvalue weighted by molar-refractivity contribution is 6.11. The van der Waals surface area contributed by atoms with Crippen molar-refractivity contribution in [3.63, 3.8) is 0 Å². The van der Waals surface area contributed by atoms with Crippen LogP contribution >= 0.6 is 0 Å². The number of phenols is 2. The van der Waals surface area contributed by atoms with E-state index in [1.54, 1.807) is 19.9 Å². The average Bonchev–Trinajstić information content (AvgIpc) is 2.91. The number of benzene rings is 1. The largest absolute Gasteiger partial charge is 0.507 e. The number of rotatable bonds is 6. The molecule has 4 heteroatoms. The Bertz CT molecular complexity index is 751. The van der Waals surface area contributed by atoms with Crippen LogP contribution < -0.4 is 0 Å². The number of Topliss-reactive ketones (excluding diaryl/α,β-unsaturated/α-hetero) is 1. The summed E-state index contributed by atoms with van der Waals surface area (Å²) in [7, 11) is 0. The van der Waals surface area contributed by atoms with Gasteiger partial charge < -0.3 is 14.6 Å². The van der Waals surface area contributed by atoms with E-state index >= 15 is 0 Å². The van der Waals surface area contributed by atoms with Gasteiger partial charge in [-0.1, -0.05) is 41.5 Å². The summed E-state index contributed by atoms with van der Waals surface area (Å²) in [6.45, 7) is 11.7. The summed E-state index contributed by atoms with van der Waals surface area (Å²) in [5, 5.41) is 21.9. The first-order chi connectivity index (χ1) is 11.1. The number of furan rings is 1. The van der Waals surface area contributed by atoms with E-state index in [9.17, 15) is 15.0 Å². The molecule has 1 aromatic carbocycles. The summed E-state index contributed by atoms with van der Waals surface area (Å²) in [5.41, 5.74) is 0.931. The third kappa shape index (κ3) is 3.28. The maximum Gasteiger partial charge on any atom is 0.172 e. The van der Waals surface area contributed by atoms with Crippen molar-refractivity contribution in [1.29, 1.82) is 0 Å². The zero-order valence-electron chi connectivity index (χ0n) is 15.4. The lowest BCUT2D eigenvalue weighted by Gasteiger charge is -2.14. The van der Waals surface area contributed by atoms with Gasteiger partial charge in [0.2, 0.25) is 0 Å². The fourth-order valence-electron chi connectivity index (χ4n) is 2.78. The molecule has 0 saturated heterocycles. The van der Waals surface area contributed by atoms with Crippen molar-refractivity contribution < 1.29 is 19.4 Å². The molecule has 24 heavy (non-hydrogen) atoms. The van der Waals surface area contributed by atoms with Gasteiger partial charge in [-0.05, 0) is 24.8 Å². The molecule has 0 spiro atoms. The highest BCUT2D eigenvalue weighted by atomic mass is 16.3. The van der Waals surface area contributed by atoms with Crippen LogP contribution in [0.2, 0.25) is 0 Å². The maximum absolute atomic E-state index is 12.7. The minimum atomic E-state index is -0.269. The van der Waals surface area contributed by atoms with Crippen LogP contribution in [-0.2, 0) is 6.42 Å². The molecule has 4 nitrogen and oxygen atoms in total. The van der Waals surface area contributed by atoms with Crippen molar-refractivity contribution in [1.82, 2.24) is 0 Å². The molecular formula is C20H28O4. The van der Waals surface area contributed by atoms with Crippen molar-refractivity contribution in [3.8, 4) is 11.5 Å². The summed E-state index contributed by atoms with van der Waals surface area (Å²) in [5.74, 6) is 0.697. The van der Waals surface area contributed by atoms with Gasteiger partial charge in [-0.3, -0.25) is 4.79 Å². The molecule has 0 bridgehead atoms. The fraction of sp³-hybridized carbons (Fsp3) is 0.550. The van der Waals surface area contributed by atoms with Crippen molar-refractivity contribution in [2.24, 2.45) is 11.8 Å².